The first-order chi connectivity index (χ1) is 9.15. The summed E-state index contributed by atoms with van der Waals surface area (Å²) < 4.78 is 7.30. The van der Waals surface area contributed by atoms with E-state index in [0.717, 1.165) is 29.2 Å². The second kappa shape index (κ2) is 5.97. The fraction of sp³-hybridized carbons (Fsp3) is 0.357. The van der Waals surface area contributed by atoms with E-state index in [0.29, 0.717) is 11.6 Å². The molecule has 0 saturated heterocycles. The summed E-state index contributed by atoms with van der Waals surface area (Å²) in [7, 11) is 1.64. The average molecular weight is 280 g/mol. The van der Waals surface area contributed by atoms with E-state index < -0.39 is 0 Å². The largest absolute Gasteiger partial charge is 0.495 e. The number of hydrogen-bond donors (Lipinski definition) is 1. The molecule has 5 heteroatoms. The average Bonchev–Trinajstić information content (AvgIpc) is 2.87. The standard InChI is InChI=1S/C14H18ClN3O/c1-4-18-11(5-6-17-18)9-16-13-7-10(2)12(15)8-14(13)19-3/h5-8,16H,4,9H2,1-3H3. The lowest BCUT2D eigenvalue weighted by Gasteiger charge is -2.13. The molecule has 0 spiro atoms. The third-order valence-electron chi connectivity index (χ3n) is 3.04. The summed E-state index contributed by atoms with van der Waals surface area (Å²) in [6.45, 7) is 5.61. The molecule has 0 fully saturated rings. The lowest BCUT2D eigenvalue weighted by molar-refractivity contribution is 0.416. The van der Waals surface area contributed by atoms with Crippen LogP contribution in [0.4, 0.5) is 5.69 Å². The van der Waals surface area contributed by atoms with Gasteiger partial charge >= 0.3 is 0 Å². The maximum Gasteiger partial charge on any atom is 0.143 e. The molecular formula is C14H18ClN3O. The number of nitrogens with one attached hydrogen (secondary N) is 1. The van der Waals surface area contributed by atoms with Crippen molar-refractivity contribution in [2.75, 3.05) is 12.4 Å². The van der Waals surface area contributed by atoms with Gasteiger partial charge in [-0.15, -0.1) is 0 Å². The van der Waals surface area contributed by atoms with Gasteiger partial charge in [0.05, 0.1) is 25.0 Å². The van der Waals surface area contributed by atoms with Gasteiger partial charge in [-0.1, -0.05) is 11.6 Å². The van der Waals surface area contributed by atoms with E-state index in [1.807, 2.05) is 36.0 Å². The molecule has 0 atom stereocenters. The van der Waals surface area contributed by atoms with Crippen LogP contribution < -0.4 is 10.1 Å². The molecule has 2 rings (SSSR count). The summed E-state index contributed by atoms with van der Waals surface area (Å²) in [5.74, 6) is 0.748. The molecule has 0 aliphatic rings. The van der Waals surface area contributed by atoms with E-state index in [1.165, 1.54) is 0 Å². The van der Waals surface area contributed by atoms with Gasteiger partial charge < -0.3 is 10.1 Å². The predicted octanol–water partition coefficient (Wildman–Crippen LogP) is 3.49. The fourth-order valence-corrected chi connectivity index (χ4v) is 2.10. The van der Waals surface area contributed by atoms with Gasteiger partial charge in [-0.2, -0.15) is 5.10 Å². The number of nitrogens with zero attached hydrogens (tertiary/aromatic N) is 2. The molecule has 1 aromatic heterocycles. The molecular weight excluding hydrogens is 262 g/mol. The third kappa shape index (κ3) is 3.01. The molecule has 19 heavy (non-hydrogen) atoms. The number of methoxy groups -OCH3 is 1. The topological polar surface area (TPSA) is 39.1 Å². The summed E-state index contributed by atoms with van der Waals surface area (Å²) in [5, 5.41) is 8.32. The Hall–Kier alpha value is -1.68. The fourth-order valence-electron chi connectivity index (χ4n) is 1.95. The Morgan fingerprint density at radius 1 is 1.42 bits per heavy atom. The van der Waals surface area contributed by atoms with Crippen LogP contribution in [-0.4, -0.2) is 16.9 Å². The highest BCUT2D eigenvalue weighted by Crippen LogP contribution is 2.31. The summed E-state index contributed by atoms with van der Waals surface area (Å²) in [6.07, 6.45) is 1.81. The second-order valence-corrected chi connectivity index (χ2v) is 4.70. The molecule has 1 heterocycles. The van der Waals surface area contributed by atoms with Crippen molar-refractivity contribution in [1.29, 1.82) is 0 Å². The minimum Gasteiger partial charge on any atom is -0.495 e. The second-order valence-electron chi connectivity index (χ2n) is 4.29. The van der Waals surface area contributed by atoms with Crippen molar-refractivity contribution in [2.24, 2.45) is 0 Å². The molecule has 0 amide bonds. The van der Waals surface area contributed by atoms with Crippen LogP contribution in [0.3, 0.4) is 0 Å². The zero-order chi connectivity index (χ0) is 13.8. The number of aryl methyl sites for hydroxylation is 2. The van der Waals surface area contributed by atoms with Crippen molar-refractivity contribution in [2.45, 2.75) is 26.9 Å². The van der Waals surface area contributed by atoms with E-state index in [2.05, 4.69) is 17.3 Å². The Morgan fingerprint density at radius 3 is 2.89 bits per heavy atom. The number of benzene rings is 1. The van der Waals surface area contributed by atoms with Crippen LogP contribution in [0.15, 0.2) is 24.4 Å². The molecule has 4 nitrogen and oxygen atoms in total. The molecule has 0 unspecified atom stereocenters. The third-order valence-corrected chi connectivity index (χ3v) is 3.45. The van der Waals surface area contributed by atoms with Gasteiger partial charge in [0.25, 0.3) is 0 Å². The molecule has 1 aromatic carbocycles. The van der Waals surface area contributed by atoms with Gasteiger partial charge in [-0.05, 0) is 31.5 Å². The number of ether oxygens (including phenoxy) is 1. The van der Waals surface area contributed by atoms with Crippen LogP contribution >= 0.6 is 11.6 Å². The number of aromatic nitrogens is 2. The first kappa shape index (κ1) is 13.7. The van der Waals surface area contributed by atoms with Crippen molar-refractivity contribution < 1.29 is 4.74 Å². The summed E-state index contributed by atoms with van der Waals surface area (Å²) in [4.78, 5) is 0. The van der Waals surface area contributed by atoms with Crippen LogP contribution in [-0.2, 0) is 13.1 Å². The van der Waals surface area contributed by atoms with Crippen molar-refractivity contribution in [3.05, 3.63) is 40.7 Å². The van der Waals surface area contributed by atoms with Crippen molar-refractivity contribution in [3.8, 4) is 5.75 Å². The summed E-state index contributed by atoms with van der Waals surface area (Å²) in [6, 6.07) is 5.83. The molecule has 0 saturated carbocycles. The maximum atomic E-state index is 6.09. The van der Waals surface area contributed by atoms with Crippen LogP contribution in [0.1, 0.15) is 18.2 Å². The van der Waals surface area contributed by atoms with Crippen LogP contribution in [0.25, 0.3) is 0 Å². The Kier molecular flexibility index (Phi) is 4.32. The number of anilines is 1. The minimum absolute atomic E-state index is 0.700. The predicted molar refractivity (Wildman–Crippen MR) is 78.0 cm³/mol. The van der Waals surface area contributed by atoms with Crippen molar-refractivity contribution >= 4 is 17.3 Å². The Morgan fingerprint density at radius 2 is 2.21 bits per heavy atom. The molecule has 102 valence electrons. The van der Waals surface area contributed by atoms with Gasteiger partial charge in [0.15, 0.2) is 0 Å². The van der Waals surface area contributed by atoms with E-state index in [1.54, 1.807) is 7.11 Å². The van der Waals surface area contributed by atoms with Gasteiger partial charge in [0, 0.05) is 23.8 Å². The highest BCUT2D eigenvalue weighted by atomic mass is 35.5. The zero-order valence-corrected chi connectivity index (χ0v) is 12.2. The van der Waals surface area contributed by atoms with Gasteiger partial charge in [0.1, 0.15) is 5.75 Å². The van der Waals surface area contributed by atoms with Crippen molar-refractivity contribution in [3.63, 3.8) is 0 Å². The molecule has 0 aliphatic heterocycles. The zero-order valence-electron chi connectivity index (χ0n) is 11.4. The first-order valence-electron chi connectivity index (χ1n) is 6.24. The Bertz CT molecular complexity index is 566. The molecule has 0 bridgehead atoms. The van der Waals surface area contributed by atoms with Gasteiger partial charge in [0.2, 0.25) is 0 Å². The number of hydrogen-bond acceptors (Lipinski definition) is 3. The summed E-state index contributed by atoms with van der Waals surface area (Å²) >= 11 is 6.09. The van der Waals surface area contributed by atoms with Gasteiger partial charge in [-0.3, -0.25) is 4.68 Å². The van der Waals surface area contributed by atoms with Crippen molar-refractivity contribution in [1.82, 2.24) is 9.78 Å². The Labute approximate surface area is 118 Å². The lowest BCUT2D eigenvalue weighted by Crippen LogP contribution is -2.08. The monoisotopic (exact) mass is 279 g/mol. The lowest BCUT2D eigenvalue weighted by atomic mass is 10.2. The quantitative estimate of drug-likeness (QED) is 0.911. The normalized spacial score (nSPS) is 10.5. The Balaban J connectivity index is 2.17. The molecule has 1 N–H and O–H groups in total. The maximum absolute atomic E-state index is 6.09. The van der Waals surface area contributed by atoms with E-state index in [9.17, 15) is 0 Å². The van der Waals surface area contributed by atoms with Crippen LogP contribution in [0.2, 0.25) is 5.02 Å². The SMILES string of the molecule is CCn1nccc1CNc1cc(C)c(Cl)cc1OC. The van der Waals surface area contributed by atoms with Crippen LogP contribution in [0.5, 0.6) is 5.75 Å². The van der Waals surface area contributed by atoms with E-state index >= 15 is 0 Å². The number of rotatable bonds is 5. The highest BCUT2D eigenvalue weighted by Gasteiger charge is 2.08. The van der Waals surface area contributed by atoms with Crippen LogP contribution in [0, 0.1) is 6.92 Å². The summed E-state index contributed by atoms with van der Waals surface area (Å²) in [5.41, 5.74) is 3.10. The number of halogens is 1. The molecule has 0 radical (unpaired) electrons. The first-order valence-corrected chi connectivity index (χ1v) is 6.62. The minimum atomic E-state index is 0.700. The highest BCUT2D eigenvalue weighted by molar-refractivity contribution is 6.31. The van der Waals surface area contributed by atoms with Gasteiger partial charge in [-0.25, -0.2) is 0 Å². The smallest absolute Gasteiger partial charge is 0.143 e. The molecule has 0 aliphatic carbocycles. The molecule has 2 aromatic rings. The van der Waals surface area contributed by atoms with E-state index in [-0.39, 0.29) is 0 Å². The van der Waals surface area contributed by atoms with E-state index in [4.69, 9.17) is 16.3 Å².